The molecule has 2 unspecified atom stereocenters. The average Bonchev–Trinajstić information content (AvgIpc) is 2.47. The summed E-state index contributed by atoms with van der Waals surface area (Å²) >= 11 is 0. The molecular formula is C15H17NO2. The Kier molecular flexibility index (Phi) is 3.05. The molecule has 1 amide bonds. The largest absolute Gasteiger partial charge is 0.445 e. The summed E-state index contributed by atoms with van der Waals surface area (Å²) in [5, 5.41) is 0. The summed E-state index contributed by atoms with van der Waals surface area (Å²) in [5.41, 5.74) is 1.03. The maximum absolute atomic E-state index is 12.0. The van der Waals surface area contributed by atoms with E-state index in [9.17, 15) is 4.79 Å². The Morgan fingerprint density at radius 3 is 2.67 bits per heavy atom. The fourth-order valence-electron chi connectivity index (χ4n) is 2.67. The first-order chi connectivity index (χ1) is 8.83. The third kappa shape index (κ3) is 2.26. The number of fused-ring (bicyclic) bond motifs is 2. The van der Waals surface area contributed by atoms with Gasteiger partial charge in [-0.15, -0.1) is 0 Å². The van der Waals surface area contributed by atoms with Gasteiger partial charge in [-0.25, -0.2) is 4.79 Å². The number of amides is 1. The lowest BCUT2D eigenvalue weighted by Crippen LogP contribution is -2.48. The van der Waals surface area contributed by atoms with Gasteiger partial charge in [0.15, 0.2) is 0 Å². The van der Waals surface area contributed by atoms with Crippen molar-refractivity contribution >= 4 is 6.09 Å². The van der Waals surface area contributed by atoms with Crippen LogP contribution in [0.4, 0.5) is 4.79 Å². The van der Waals surface area contributed by atoms with E-state index in [1.807, 2.05) is 35.2 Å². The highest BCUT2D eigenvalue weighted by atomic mass is 16.6. The van der Waals surface area contributed by atoms with Crippen molar-refractivity contribution in [1.82, 2.24) is 4.90 Å². The van der Waals surface area contributed by atoms with Crippen LogP contribution < -0.4 is 0 Å². The zero-order valence-electron chi connectivity index (χ0n) is 10.3. The van der Waals surface area contributed by atoms with Gasteiger partial charge in [-0.3, -0.25) is 0 Å². The fourth-order valence-corrected chi connectivity index (χ4v) is 2.67. The van der Waals surface area contributed by atoms with Gasteiger partial charge >= 0.3 is 6.09 Å². The lowest BCUT2D eigenvalue weighted by Gasteiger charge is -2.40. The Labute approximate surface area is 107 Å². The van der Waals surface area contributed by atoms with E-state index >= 15 is 0 Å². The Bertz CT molecular complexity index is 455. The van der Waals surface area contributed by atoms with E-state index < -0.39 is 0 Å². The molecule has 94 valence electrons. The smallest absolute Gasteiger partial charge is 0.410 e. The van der Waals surface area contributed by atoms with Crippen LogP contribution in [-0.2, 0) is 11.3 Å². The van der Waals surface area contributed by atoms with Crippen molar-refractivity contribution in [2.45, 2.75) is 25.5 Å². The Morgan fingerprint density at radius 1 is 1.22 bits per heavy atom. The summed E-state index contributed by atoms with van der Waals surface area (Å²) in [5.74, 6) is 0.527. The summed E-state index contributed by atoms with van der Waals surface area (Å²) in [6.45, 7) is 1.17. The van der Waals surface area contributed by atoms with Crippen molar-refractivity contribution in [3.8, 4) is 0 Å². The fraction of sp³-hybridized carbons (Fsp3) is 0.400. The van der Waals surface area contributed by atoms with Crippen LogP contribution in [0.2, 0.25) is 0 Å². The molecule has 0 radical (unpaired) electrons. The van der Waals surface area contributed by atoms with Crippen LogP contribution in [0, 0.1) is 5.92 Å². The van der Waals surface area contributed by atoms with Gasteiger partial charge in [0.25, 0.3) is 0 Å². The van der Waals surface area contributed by atoms with Gasteiger partial charge < -0.3 is 9.64 Å². The predicted octanol–water partition coefficient (Wildman–Crippen LogP) is 2.97. The van der Waals surface area contributed by atoms with E-state index in [4.69, 9.17) is 4.74 Å². The molecule has 1 aromatic carbocycles. The molecule has 2 bridgehead atoms. The third-order valence-corrected chi connectivity index (χ3v) is 3.71. The zero-order chi connectivity index (χ0) is 12.4. The van der Waals surface area contributed by atoms with E-state index in [0.717, 1.165) is 18.5 Å². The standard InChI is InChI=1S/C15H17NO2/c17-15(18-11-13-4-2-1-3-5-13)16-10-12-6-8-14(16)9-7-12/h1-6,8,12,14H,7,9-11H2. The van der Waals surface area contributed by atoms with Crippen LogP contribution in [0.5, 0.6) is 0 Å². The molecule has 1 aliphatic carbocycles. The molecule has 4 rings (SSSR count). The van der Waals surface area contributed by atoms with E-state index in [1.165, 1.54) is 6.42 Å². The van der Waals surface area contributed by atoms with Crippen LogP contribution in [0.3, 0.4) is 0 Å². The van der Waals surface area contributed by atoms with Crippen LogP contribution >= 0.6 is 0 Å². The molecule has 0 spiro atoms. The molecule has 18 heavy (non-hydrogen) atoms. The second-order valence-electron chi connectivity index (χ2n) is 4.98. The number of piperidine rings is 1. The summed E-state index contributed by atoms with van der Waals surface area (Å²) in [6.07, 6.45) is 6.46. The van der Waals surface area contributed by atoms with Crippen molar-refractivity contribution in [2.75, 3.05) is 6.54 Å². The molecule has 2 heterocycles. The minimum Gasteiger partial charge on any atom is -0.445 e. The molecule has 3 heteroatoms. The first-order valence-corrected chi connectivity index (χ1v) is 6.48. The van der Waals surface area contributed by atoms with E-state index in [-0.39, 0.29) is 12.1 Å². The van der Waals surface area contributed by atoms with Crippen LogP contribution in [0.25, 0.3) is 0 Å². The molecule has 1 aromatic rings. The highest BCUT2D eigenvalue weighted by Gasteiger charge is 2.33. The van der Waals surface area contributed by atoms with Crippen LogP contribution in [-0.4, -0.2) is 23.6 Å². The molecule has 0 N–H and O–H groups in total. The topological polar surface area (TPSA) is 29.5 Å². The molecular weight excluding hydrogens is 226 g/mol. The zero-order valence-corrected chi connectivity index (χ0v) is 10.3. The highest BCUT2D eigenvalue weighted by molar-refractivity contribution is 5.69. The van der Waals surface area contributed by atoms with Crippen molar-refractivity contribution in [2.24, 2.45) is 5.92 Å². The van der Waals surface area contributed by atoms with Crippen LogP contribution in [0.1, 0.15) is 18.4 Å². The minimum absolute atomic E-state index is 0.182. The molecule has 1 saturated heterocycles. The van der Waals surface area contributed by atoms with Gasteiger partial charge in [0, 0.05) is 6.54 Å². The van der Waals surface area contributed by atoms with Crippen LogP contribution in [0.15, 0.2) is 42.5 Å². The minimum atomic E-state index is -0.182. The van der Waals surface area contributed by atoms with Crippen molar-refractivity contribution in [1.29, 1.82) is 0 Å². The second kappa shape index (κ2) is 4.84. The van der Waals surface area contributed by atoms with Crippen molar-refractivity contribution in [3.63, 3.8) is 0 Å². The van der Waals surface area contributed by atoms with E-state index in [1.54, 1.807) is 0 Å². The van der Waals surface area contributed by atoms with Gasteiger partial charge in [0.05, 0.1) is 6.04 Å². The molecule has 1 fully saturated rings. The van der Waals surface area contributed by atoms with Gasteiger partial charge in [0.1, 0.15) is 6.61 Å². The number of hydrogen-bond donors (Lipinski definition) is 0. The maximum atomic E-state index is 12.0. The van der Waals surface area contributed by atoms with E-state index in [2.05, 4.69) is 12.2 Å². The van der Waals surface area contributed by atoms with Gasteiger partial charge in [-0.1, -0.05) is 42.5 Å². The third-order valence-electron chi connectivity index (χ3n) is 3.71. The summed E-state index contributed by atoms with van der Waals surface area (Å²) in [7, 11) is 0. The normalized spacial score (nSPS) is 25.2. The second-order valence-corrected chi connectivity index (χ2v) is 4.98. The first-order valence-electron chi connectivity index (χ1n) is 6.48. The summed E-state index contributed by atoms with van der Waals surface area (Å²) in [4.78, 5) is 13.9. The number of carbonyl (C=O) groups is 1. The molecule has 2 atom stereocenters. The lowest BCUT2D eigenvalue weighted by atomic mass is 9.86. The number of nitrogens with zero attached hydrogens (tertiary/aromatic N) is 1. The first kappa shape index (κ1) is 11.3. The molecule has 0 saturated carbocycles. The monoisotopic (exact) mass is 243 g/mol. The maximum Gasteiger partial charge on any atom is 0.410 e. The van der Waals surface area contributed by atoms with Crippen molar-refractivity contribution in [3.05, 3.63) is 48.0 Å². The van der Waals surface area contributed by atoms with Gasteiger partial charge in [-0.05, 0) is 24.3 Å². The molecule has 3 aliphatic rings. The number of hydrogen-bond acceptors (Lipinski definition) is 2. The quantitative estimate of drug-likeness (QED) is 0.747. The summed E-state index contributed by atoms with van der Waals surface area (Å²) < 4.78 is 5.37. The van der Waals surface area contributed by atoms with Gasteiger partial charge in [0.2, 0.25) is 0 Å². The molecule has 0 aromatic heterocycles. The molecule has 2 aliphatic heterocycles. The number of rotatable bonds is 2. The average molecular weight is 243 g/mol. The number of benzene rings is 1. The molecule has 3 nitrogen and oxygen atoms in total. The predicted molar refractivity (Wildman–Crippen MR) is 69.0 cm³/mol. The lowest BCUT2D eigenvalue weighted by molar-refractivity contribution is 0.0656. The number of carbonyl (C=O) groups excluding carboxylic acids is 1. The van der Waals surface area contributed by atoms with Gasteiger partial charge in [-0.2, -0.15) is 0 Å². The number of ether oxygens (including phenoxy) is 1. The summed E-state index contributed by atoms with van der Waals surface area (Å²) in [6, 6.07) is 10.0. The SMILES string of the molecule is O=C(OCc1ccccc1)N1CC2C=CC1CC2. The Balaban J connectivity index is 1.58. The Morgan fingerprint density at radius 2 is 2.06 bits per heavy atom. The highest BCUT2D eigenvalue weighted by Crippen LogP contribution is 2.29. The van der Waals surface area contributed by atoms with Crippen molar-refractivity contribution < 1.29 is 9.53 Å². The Hall–Kier alpha value is -1.77. The van der Waals surface area contributed by atoms with E-state index in [0.29, 0.717) is 12.5 Å².